The standard InChI is InChI=1S/C20H20ClNO/c1-22-20(17-11-5-6-12-18(17)21)13-7-10-16(19(20)23)14-15-8-3-2-4-9-15/h2-6,8-9,11-12,14,22H,7,10,13H2,1H3/b16-14+/t20-/m1/s1. The summed E-state index contributed by atoms with van der Waals surface area (Å²) in [4.78, 5) is 13.2. The number of carbonyl (C=O) groups is 1. The van der Waals surface area contributed by atoms with E-state index in [-0.39, 0.29) is 5.78 Å². The van der Waals surface area contributed by atoms with E-state index >= 15 is 0 Å². The van der Waals surface area contributed by atoms with Crippen molar-refractivity contribution in [2.24, 2.45) is 0 Å². The summed E-state index contributed by atoms with van der Waals surface area (Å²) in [5.74, 6) is 0.128. The Labute approximate surface area is 142 Å². The van der Waals surface area contributed by atoms with Gasteiger partial charge < -0.3 is 5.32 Å². The van der Waals surface area contributed by atoms with Crippen molar-refractivity contribution >= 4 is 23.5 Å². The topological polar surface area (TPSA) is 29.1 Å². The third-order valence-corrected chi connectivity index (χ3v) is 4.91. The van der Waals surface area contributed by atoms with Crippen molar-refractivity contribution in [1.29, 1.82) is 0 Å². The van der Waals surface area contributed by atoms with Gasteiger partial charge in [0.05, 0.1) is 0 Å². The van der Waals surface area contributed by atoms with Crippen molar-refractivity contribution in [3.8, 4) is 0 Å². The summed E-state index contributed by atoms with van der Waals surface area (Å²) in [5, 5.41) is 3.90. The highest BCUT2D eigenvalue weighted by Crippen LogP contribution is 2.40. The van der Waals surface area contributed by atoms with Gasteiger partial charge in [-0.25, -0.2) is 0 Å². The summed E-state index contributed by atoms with van der Waals surface area (Å²) in [7, 11) is 1.84. The molecule has 0 radical (unpaired) electrons. The Balaban J connectivity index is 2.04. The fraction of sp³-hybridized carbons (Fsp3) is 0.250. The zero-order chi connectivity index (χ0) is 16.3. The number of hydrogen-bond acceptors (Lipinski definition) is 2. The van der Waals surface area contributed by atoms with Crippen molar-refractivity contribution in [1.82, 2.24) is 5.32 Å². The van der Waals surface area contributed by atoms with Crippen LogP contribution >= 0.6 is 11.6 Å². The summed E-state index contributed by atoms with van der Waals surface area (Å²) in [6.07, 6.45) is 4.53. The van der Waals surface area contributed by atoms with Gasteiger partial charge in [-0.15, -0.1) is 0 Å². The molecule has 0 bridgehead atoms. The first-order chi connectivity index (χ1) is 11.2. The van der Waals surface area contributed by atoms with E-state index in [1.165, 1.54) is 0 Å². The molecule has 1 atom stereocenters. The average molecular weight is 326 g/mol. The Morgan fingerprint density at radius 1 is 1.09 bits per heavy atom. The molecule has 1 N–H and O–H groups in total. The molecule has 3 heteroatoms. The number of carbonyl (C=O) groups excluding carboxylic acids is 1. The van der Waals surface area contributed by atoms with Crippen molar-refractivity contribution in [2.45, 2.75) is 24.8 Å². The highest BCUT2D eigenvalue weighted by Gasteiger charge is 2.43. The van der Waals surface area contributed by atoms with Gasteiger partial charge in [-0.3, -0.25) is 4.79 Å². The molecule has 118 valence electrons. The SMILES string of the molecule is CN[C@@]1(c2ccccc2Cl)CCC/C(=C\c2ccccc2)C1=O. The molecule has 0 spiro atoms. The third-order valence-electron chi connectivity index (χ3n) is 4.58. The maximum absolute atomic E-state index is 13.2. The number of hydrogen-bond donors (Lipinski definition) is 1. The second-order valence-electron chi connectivity index (χ2n) is 5.90. The van der Waals surface area contributed by atoms with Gasteiger partial charge in [-0.2, -0.15) is 0 Å². The van der Waals surface area contributed by atoms with Gasteiger partial charge in [-0.1, -0.05) is 60.1 Å². The molecule has 23 heavy (non-hydrogen) atoms. The lowest BCUT2D eigenvalue weighted by atomic mass is 9.73. The minimum absolute atomic E-state index is 0.128. The Morgan fingerprint density at radius 2 is 1.78 bits per heavy atom. The predicted octanol–water partition coefficient (Wildman–Crippen LogP) is 4.59. The molecular weight excluding hydrogens is 306 g/mol. The summed E-state index contributed by atoms with van der Waals surface area (Å²) in [6.45, 7) is 0. The molecule has 2 aromatic carbocycles. The quantitative estimate of drug-likeness (QED) is 0.836. The number of nitrogens with one attached hydrogen (secondary N) is 1. The van der Waals surface area contributed by atoms with E-state index in [2.05, 4.69) is 5.32 Å². The van der Waals surface area contributed by atoms with E-state index in [1.54, 1.807) is 0 Å². The number of rotatable bonds is 3. The monoisotopic (exact) mass is 325 g/mol. The van der Waals surface area contributed by atoms with E-state index in [0.717, 1.165) is 36.0 Å². The molecule has 1 saturated carbocycles. The van der Waals surface area contributed by atoms with Gasteiger partial charge in [0.15, 0.2) is 5.78 Å². The molecule has 1 fully saturated rings. The minimum atomic E-state index is -0.725. The largest absolute Gasteiger partial charge is 0.304 e. The van der Waals surface area contributed by atoms with Crippen LogP contribution in [0.25, 0.3) is 6.08 Å². The van der Waals surface area contributed by atoms with E-state index in [9.17, 15) is 4.79 Å². The molecule has 2 nitrogen and oxygen atoms in total. The Kier molecular flexibility index (Phi) is 4.65. The Morgan fingerprint density at radius 3 is 2.48 bits per heavy atom. The molecule has 1 aliphatic carbocycles. The van der Waals surface area contributed by atoms with Crippen molar-refractivity contribution in [3.05, 3.63) is 76.3 Å². The molecular formula is C20H20ClNO. The zero-order valence-corrected chi connectivity index (χ0v) is 13.9. The van der Waals surface area contributed by atoms with Crippen LogP contribution in [0, 0.1) is 0 Å². The van der Waals surface area contributed by atoms with Crippen LogP contribution in [0.5, 0.6) is 0 Å². The lowest BCUT2D eigenvalue weighted by Crippen LogP contribution is -2.50. The first kappa shape index (κ1) is 16.0. The fourth-order valence-electron chi connectivity index (χ4n) is 3.37. The van der Waals surface area contributed by atoms with Gasteiger partial charge in [0.25, 0.3) is 0 Å². The van der Waals surface area contributed by atoms with Gasteiger partial charge in [0, 0.05) is 5.02 Å². The number of Topliss-reactive ketones (excluding diaryl/α,β-unsaturated/α-hetero) is 1. The molecule has 3 rings (SSSR count). The van der Waals surface area contributed by atoms with E-state index < -0.39 is 5.54 Å². The second-order valence-corrected chi connectivity index (χ2v) is 6.31. The van der Waals surface area contributed by atoms with Crippen LogP contribution in [-0.4, -0.2) is 12.8 Å². The normalized spacial score (nSPS) is 23.2. The Hall–Kier alpha value is -1.90. The molecule has 1 aliphatic rings. The van der Waals surface area contributed by atoms with Gasteiger partial charge in [-0.05, 0) is 55.2 Å². The maximum Gasteiger partial charge on any atom is 0.183 e. The van der Waals surface area contributed by atoms with Crippen LogP contribution in [0.1, 0.15) is 30.4 Å². The summed E-state index contributed by atoms with van der Waals surface area (Å²) < 4.78 is 0. The van der Waals surface area contributed by atoms with Crippen LogP contribution in [0.2, 0.25) is 5.02 Å². The number of likely N-dealkylation sites (N-methyl/N-ethyl adjacent to an activating group) is 1. The smallest absolute Gasteiger partial charge is 0.183 e. The minimum Gasteiger partial charge on any atom is -0.304 e. The molecule has 0 saturated heterocycles. The van der Waals surface area contributed by atoms with Crippen LogP contribution < -0.4 is 5.32 Å². The van der Waals surface area contributed by atoms with Crippen LogP contribution in [-0.2, 0) is 10.3 Å². The lowest BCUT2D eigenvalue weighted by molar-refractivity contribution is -0.123. The highest BCUT2D eigenvalue weighted by molar-refractivity contribution is 6.32. The maximum atomic E-state index is 13.2. The zero-order valence-electron chi connectivity index (χ0n) is 13.2. The molecule has 0 aromatic heterocycles. The lowest BCUT2D eigenvalue weighted by Gasteiger charge is -2.37. The van der Waals surface area contributed by atoms with Crippen LogP contribution in [0.3, 0.4) is 0 Å². The first-order valence-electron chi connectivity index (χ1n) is 7.92. The number of ketones is 1. The predicted molar refractivity (Wildman–Crippen MR) is 95.5 cm³/mol. The highest BCUT2D eigenvalue weighted by atomic mass is 35.5. The van der Waals surface area contributed by atoms with Gasteiger partial charge >= 0.3 is 0 Å². The van der Waals surface area contributed by atoms with Crippen molar-refractivity contribution in [3.63, 3.8) is 0 Å². The van der Waals surface area contributed by atoms with Crippen LogP contribution in [0.4, 0.5) is 0 Å². The summed E-state index contributed by atoms with van der Waals surface area (Å²) in [5.41, 5.74) is 2.06. The third kappa shape index (κ3) is 2.97. The first-order valence-corrected chi connectivity index (χ1v) is 8.29. The molecule has 0 heterocycles. The molecule has 0 aliphatic heterocycles. The Bertz CT molecular complexity index is 738. The van der Waals surface area contributed by atoms with E-state index in [1.807, 2.05) is 67.7 Å². The average Bonchev–Trinajstić information content (AvgIpc) is 2.59. The summed E-state index contributed by atoms with van der Waals surface area (Å²) in [6, 6.07) is 17.6. The van der Waals surface area contributed by atoms with Crippen molar-refractivity contribution in [2.75, 3.05) is 7.05 Å². The molecule has 0 amide bonds. The van der Waals surface area contributed by atoms with Crippen molar-refractivity contribution < 1.29 is 4.79 Å². The summed E-state index contributed by atoms with van der Waals surface area (Å²) >= 11 is 6.39. The van der Waals surface area contributed by atoms with E-state index in [4.69, 9.17) is 11.6 Å². The second kappa shape index (κ2) is 6.69. The van der Waals surface area contributed by atoms with Gasteiger partial charge in [0.2, 0.25) is 0 Å². The number of halogens is 1. The van der Waals surface area contributed by atoms with E-state index in [0.29, 0.717) is 5.02 Å². The molecule has 2 aromatic rings. The number of benzene rings is 2. The molecule has 0 unspecified atom stereocenters. The van der Waals surface area contributed by atoms with Crippen LogP contribution in [0.15, 0.2) is 60.2 Å². The van der Waals surface area contributed by atoms with Gasteiger partial charge in [0.1, 0.15) is 5.54 Å². The fourth-order valence-corrected chi connectivity index (χ4v) is 3.67.